The molecule has 1 aliphatic rings. The molecule has 166 valence electrons. The number of ether oxygens (including phenoxy) is 2. The number of aromatic nitrogens is 2. The average molecular weight is 444 g/mol. The zero-order valence-corrected chi connectivity index (χ0v) is 19.1. The van der Waals surface area contributed by atoms with E-state index in [4.69, 9.17) is 13.9 Å². The number of benzene rings is 1. The first-order valence-corrected chi connectivity index (χ1v) is 12.3. The number of nitrogens with zero attached hydrogens (tertiary/aromatic N) is 3. The number of piperidine rings is 1. The molecular formula is C23H29N3O4S. The van der Waals surface area contributed by atoms with Crippen molar-refractivity contribution in [2.24, 2.45) is 0 Å². The summed E-state index contributed by atoms with van der Waals surface area (Å²) in [4.78, 5) is 11.9. The van der Waals surface area contributed by atoms with Crippen LogP contribution in [0.15, 0.2) is 40.1 Å². The maximum atomic E-state index is 12.3. The third kappa shape index (κ3) is 4.81. The second-order valence-corrected chi connectivity index (χ2v) is 9.01. The fraction of sp³-hybridized carbons (Fsp3) is 0.478. The zero-order chi connectivity index (χ0) is 21.8. The van der Waals surface area contributed by atoms with Crippen LogP contribution in [0.5, 0.6) is 11.5 Å². The zero-order valence-electron chi connectivity index (χ0n) is 18.3. The number of hydrogen-bond donors (Lipinski definition) is 0. The van der Waals surface area contributed by atoms with E-state index < -0.39 is 11.2 Å². The van der Waals surface area contributed by atoms with Crippen molar-refractivity contribution in [3.63, 3.8) is 0 Å². The number of fused-ring (bicyclic) bond motifs is 1. The smallest absolute Gasteiger partial charge is 0.236 e. The first-order valence-electron chi connectivity index (χ1n) is 10.8. The van der Waals surface area contributed by atoms with Gasteiger partial charge in [-0.25, -0.2) is 4.98 Å². The van der Waals surface area contributed by atoms with Gasteiger partial charge in [0.05, 0.1) is 18.9 Å². The third-order valence-electron chi connectivity index (χ3n) is 5.62. The number of rotatable bonds is 8. The SMILES string of the molecule is CCOc1cc(CN2CCC(c3nccc4ncoc34)CC2)cc(OCC)c1[S+](C)[O-]. The molecule has 1 aromatic carbocycles. The van der Waals surface area contributed by atoms with Crippen molar-refractivity contribution >= 4 is 22.3 Å². The molecular weight excluding hydrogens is 414 g/mol. The van der Waals surface area contributed by atoms with Crippen molar-refractivity contribution in [3.8, 4) is 11.5 Å². The molecule has 0 saturated carbocycles. The Morgan fingerprint density at radius 2 is 1.81 bits per heavy atom. The molecule has 0 N–H and O–H groups in total. The molecule has 1 unspecified atom stereocenters. The predicted octanol–water partition coefficient (Wildman–Crippen LogP) is 4.14. The lowest BCUT2D eigenvalue weighted by molar-refractivity contribution is 0.202. The lowest BCUT2D eigenvalue weighted by atomic mass is 9.92. The Balaban J connectivity index is 1.48. The van der Waals surface area contributed by atoms with E-state index in [-0.39, 0.29) is 0 Å². The van der Waals surface area contributed by atoms with Crippen molar-refractivity contribution < 1.29 is 18.4 Å². The minimum absolute atomic E-state index is 0.371. The van der Waals surface area contributed by atoms with E-state index in [1.54, 1.807) is 6.26 Å². The van der Waals surface area contributed by atoms with Crippen molar-refractivity contribution in [3.05, 3.63) is 42.0 Å². The summed E-state index contributed by atoms with van der Waals surface area (Å²) in [6.07, 6.45) is 7.00. The maximum absolute atomic E-state index is 12.3. The van der Waals surface area contributed by atoms with Gasteiger partial charge in [0.15, 0.2) is 23.5 Å². The van der Waals surface area contributed by atoms with Gasteiger partial charge in [-0.2, -0.15) is 0 Å². The topological polar surface area (TPSA) is 83.7 Å². The molecule has 1 aliphatic heterocycles. The van der Waals surface area contributed by atoms with Crippen LogP contribution in [0.25, 0.3) is 11.1 Å². The molecule has 7 nitrogen and oxygen atoms in total. The highest BCUT2D eigenvalue weighted by molar-refractivity contribution is 7.91. The second-order valence-electron chi connectivity index (χ2n) is 7.69. The van der Waals surface area contributed by atoms with E-state index in [0.717, 1.165) is 54.8 Å². The van der Waals surface area contributed by atoms with E-state index in [0.29, 0.717) is 35.5 Å². The Labute approximate surface area is 185 Å². The van der Waals surface area contributed by atoms with Crippen LogP contribution in [-0.4, -0.2) is 52.0 Å². The molecule has 3 heterocycles. The molecule has 31 heavy (non-hydrogen) atoms. The molecule has 1 fully saturated rings. The average Bonchev–Trinajstić information content (AvgIpc) is 3.23. The number of likely N-dealkylation sites (tertiary alicyclic amines) is 1. The Bertz CT molecular complexity index is 988. The van der Waals surface area contributed by atoms with Crippen LogP contribution in [0.3, 0.4) is 0 Å². The van der Waals surface area contributed by atoms with E-state index >= 15 is 0 Å². The summed E-state index contributed by atoms with van der Waals surface area (Å²) in [5, 5.41) is 0. The molecule has 1 atom stereocenters. The fourth-order valence-corrected chi connectivity index (χ4v) is 5.06. The van der Waals surface area contributed by atoms with Gasteiger partial charge in [-0.05, 0) is 74.7 Å². The number of pyridine rings is 1. The van der Waals surface area contributed by atoms with Gasteiger partial charge in [-0.3, -0.25) is 9.88 Å². The van der Waals surface area contributed by atoms with Gasteiger partial charge in [0.2, 0.25) is 4.90 Å². The van der Waals surface area contributed by atoms with Gasteiger partial charge >= 0.3 is 0 Å². The predicted molar refractivity (Wildman–Crippen MR) is 120 cm³/mol. The van der Waals surface area contributed by atoms with Crippen molar-refractivity contribution in [1.29, 1.82) is 0 Å². The lowest BCUT2D eigenvalue weighted by Crippen LogP contribution is -2.32. The highest BCUT2D eigenvalue weighted by atomic mass is 32.2. The Morgan fingerprint density at radius 3 is 2.42 bits per heavy atom. The number of hydrogen-bond acceptors (Lipinski definition) is 7. The van der Waals surface area contributed by atoms with Crippen molar-refractivity contribution in [2.45, 2.75) is 44.0 Å². The van der Waals surface area contributed by atoms with Crippen LogP contribution in [0.2, 0.25) is 0 Å². The molecule has 4 rings (SSSR count). The summed E-state index contributed by atoms with van der Waals surface area (Å²) >= 11 is -1.19. The van der Waals surface area contributed by atoms with E-state index in [2.05, 4.69) is 14.9 Å². The second kappa shape index (κ2) is 9.89. The highest BCUT2D eigenvalue weighted by Crippen LogP contribution is 2.37. The normalized spacial score (nSPS) is 16.5. The maximum Gasteiger partial charge on any atom is 0.236 e. The summed E-state index contributed by atoms with van der Waals surface area (Å²) in [7, 11) is 0. The number of oxazole rings is 1. The van der Waals surface area contributed by atoms with Crippen LogP contribution in [0.1, 0.15) is 43.9 Å². The van der Waals surface area contributed by atoms with Gasteiger partial charge in [0.1, 0.15) is 11.8 Å². The molecule has 1 saturated heterocycles. The van der Waals surface area contributed by atoms with Crippen LogP contribution < -0.4 is 9.47 Å². The Hall–Kier alpha value is -2.29. The molecule has 0 bridgehead atoms. The van der Waals surface area contributed by atoms with Crippen LogP contribution in [-0.2, 0) is 17.7 Å². The fourth-order valence-electron chi connectivity index (χ4n) is 4.26. The molecule has 0 aliphatic carbocycles. The molecule has 0 spiro atoms. The Morgan fingerprint density at radius 1 is 1.13 bits per heavy atom. The summed E-state index contributed by atoms with van der Waals surface area (Å²) in [5.74, 6) is 1.68. The van der Waals surface area contributed by atoms with Gasteiger partial charge in [0, 0.05) is 18.7 Å². The minimum atomic E-state index is -1.19. The minimum Gasteiger partial charge on any atom is -0.611 e. The first-order chi connectivity index (χ1) is 15.1. The molecule has 2 aromatic heterocycles. The molecule has 8 heteroatoms. The summed E-state index contributed by atoms with van der Waals surface area (Å²) in [6, 6.07) is 5.90. The molecule has 0 radical (unpaired) electrons. The lowest BCUT2D eigenvalue weighted by Gasteiger charge is -2.31. The van der Waals surface area contributed by atoms with Crippen LogP contribution in [0.4, 0.5) is 0 Å². The third-order valence-corrected chi connectivity index (χ3v) is 6.60. The van der Waals surface area contributed by atoms with Crippen LogP contribution >= 0.6 is 0 Å². The molecule has 0 amide bonds. The van der Waals surface area contributed by atoms with Crippen LogP contribution in [0, 0.1) is 0 Å². The standard InChI is InChI=1S/C23H29N3O4S/c1-4-28-19-12-16(13-20(29-5-2)23(19)31(3)27)14-26-10-7-17(8-11-26)21-22-18(6-9-24-21)25-15-30-22/h6,9,12-13,15,17H,4-5,7-8,10-11,14H2,1-3H3. The largest absolute Gasteiger partial charge is 0.611 e. The van der Waals surface area contributed by atoms with E-state index in [9.17, 15) is 4.55 Å². The van der Waals surface area contributed by atoms with Crippen molar-refractivity contribution in [1.82, 2.24) is 14.9 Å². The quantitative estimate of drug-likeness (QED) is 0.484. The van der Waals surface area contributed by atoms with Gasteiger partial charge in [-0.1, -0.05) is 0 Å². The van der Waals surface area contributed by atoms with E-state index in [1.807, 2.05) is 38.2 Å². The van der Waals surface area contributed by atoms with Gasteiger partial charge < -0.3 is 18.4 Å². The van der Waals surface area contributed by atoms with Gasteiger partial charge in [0.25, 0.3) is 0 Å². The monoisotopic (exact) mass is 443 g/mol. The van der Waals surface area contributed by atoms with E-state index in [1.165, 1.54) is 6.39 Å². The van der Waals surface area contributed by atoms with Gasteiger partial charge in [-0.15, -0.1) is 0 Å². The highest BCUT2D eigenvalue weighted by Gasteiger charge is 2.26. The first kappa shape index (κ1) is 21.9. The molecule has 3 aromatic rings. The summed E-state index contributed by atoms with van der Waals surface area (Å²) in [5.41, 5.74) is 3.80. The summed E-state index contributed by atoms with van der Waals surface area (Å²) in [6.45, 7) is 7.63. The van der Waals surface area contributed by atoms with Crippen molar-refractivity contribution in [2.75, 3.05) is 32.6 Å². The Kier molecular flexibility index (Phi) is 6.99. The summed E-state index contributed by atoms with van der Waals surface area (Å²) < 4.78 is 29.5.